The van der Waals surface area contributed by atoms with E-state index in [0.717, 1.165) is 42.4 Å². The molecule has 3 rings (SSSR count). The number of hydrogen-bond acceptors (Lipinski definition) is 3. The van der Waals surface area contributed by atoms with Crippen molar-refractivity contribution in [1.29, 1.82) is 0 Å². The molecule has 0 spiro atoms. The van der Waals surface area contributed by atoms with Crippen LogP contribution in [0.5, 0.6) is 0 Å². The number of aromatic amines is 1. The Bertz CT molecular complexity index is 695. The van der Waals surface area contributed by atoms with E-state index in [1.54, 1.807) is 6.20 Å². The van der Waals surface area contributed by atoms with Crippen LogP contribution in [0, 0.1) is 0 Å². The first-order valence-corrected chi connectivity index (χ1v) is 6.81. The molecule has 0 aromatic carbocycles. The first-order chi connectivity index (χ1) is 10.4. The highest BCUT2D eigenvalue weighted by Crippen LogP contribution is 2.32. The van der Waals surface area contributed by atoms with Crippen LogP contribution in [-0.2, 0) is 17.4 Å². The second-order valence-corrected chi connectivity index (χ2v) is 5.17. The van der Waals surface area contributed by atoms with Gasteiger partial charge in [0, 0.05) is 17.5 Å². The number of fused-ring (bicyclic) bond motifs is 1. The number of nitrogens with one attached hydrogen (secondary N) is 2. The van der Waals surface area contributed by atoms with Crippen molar-refractivity contribution in [3.8, 4) is 0 Å². The van der Waals surface area contributed by atoms with Crippen molar-refractivity contribution >= 4 is 11.7 Å². The van der Waals surface area contributed by atoms with Crippen molar-refractivity contribution < 1.29 is 18.0 Å². The summed E-state index contributed by atoms with van der Waals surface area (Å²) >= 11 is 0. The fourth-order valence-electron chi connectivity index (χ4n) is 2.62. The molecule has 1 aliphatic rings. The second-order valence-electron chi connectivity index (χ2n) is 5.17. The number of carbonyl (C=O) groups excluding carboxylic acids is 1. The number of nitrogens with zero attached hydrogens (tertiary/aromatic N) is 2. The van der Waals surface area contributed by atoms with E-state index in [1.165, 1.54) is 0 Å². The number of amides is 1. The van der Waals surface area contributed by atoms with Gasteiger partial charge in [-0.15, -0.1) is 0 Å². The molecule has 0 saturated heterocycles. The Hall–Kier alpha value is -2.38. The number of anilines is 1. The lowest BCUT2D eigenvalue weighted by Gasteiger charge is -2.21. The molecule has 1 aliphatic carbocycles. The Morgan fingerprint density at radius 2 is 2.23 bits per heavy atom. The summed E-state index contributed by atoms with van der Waals surface area (Å²) in [4.78, 5) is 16.1. The van der Waals surface area contributed by atoms with Gasteiger partial charge in [-0.2, -0.15) is 18.3 Å². The SMILES string of the molecule is O=C(Nc1cc(C(F)(F)F)ccn1)[C@H]1CCCc2[nH]ncc21. The number of H-pyrrole nitrogens is 1. The van der Waals surface area contributed by atoms with Crippen LogP contribution in [0.25, 0.3) is 0 Å². The zero-order chi connectivity index (χ0) is 15.7. The maximum atomic E-state index is 12.7. The van der Waals surface area contributed by atoms with Gasteiger partial charge in [0.2, 0.25) is 5.91 Å². The fraction of sp³-hybridized carbons (Fsp3) is 0.357. The van der Waals surface area contributed by atoms with E-state index >= 15 is 0 Å². The summed E-state index contributed by atoms with van der Waals surface area (Å²) in [6.07, 6.45) is 0.438. The summed E-state index contributed by atoms with van der Waals surface area (Å²) in [5, 5.41) is 9.22. The summed E-state index contributed by atoms with van der Waals surface area (Å²) in [7, 11) is 0. The molecule has 0 fully saturated rings. The van der Waals surface area contributed by atoms with Gasteiger partial charge in [-0.05, 0) is 31.4 Å². The van der Waals surface area contributed by atoms with Crippen LogP contribution in [-0.4, -0.2) is 21.1 Å². The van der Waals surface area contributed by atoms with Crippen molar-refractivity contribution in [2.45, 2.75) is 31.4 Å². The van der Waals surface area contributed by atoms with Crippen LogP contribution in [0.3, 0.4) is 0 Å². The number of hydrogen-bond donors (Lipinski definition) is 2. The lowest BCUT2D eigenvalue weighted by molar-refractivity contribution is -0.137. The zero-order valence-corrected chi connectivity index (χ0v) is 11.4. The molecular formula is C14H13F3N4O. The summed E-state index contributed by atoms with van der Waals surface area (Å²) in [6.45, 7) is 0. The fourth-order valence-corrected chi connectivity index (χ4v) is 2.62. The van der Waals surface area contributed by atoms with Gasteiger partial charge < -0.3 is 5.32 Å². The van der Waals surface area contributed by atoms with Crippen LogP contribution in [0.15, 0.2) is 24.5 Å². The number of aromatic nitrogens is 3. The van der Waals surface area contributed by atoms with E-state index in [4.69, 9.17) is 0 Å². The molecule has 0 bridgehead atoms. The molecular weight excluding hydrogens is 297 g/mol. The first kappa shape index (κ1) is 14.6. The van der Waals surface area contributed by atoms with E-state index in [1.807, 2.05) is 0 Å². The molecule has 1 amide bonds. The van der Waals surface area contributed by atoms with Crippen LogP contribution in [0.4, 0.5) is 19.0 Å². The van der Waals surface area contributed by atoms with Crippen molar-refractivity contribution in [2.24, 2.45) is 0 Å². The maximum Gasteiger partial charge on any atom is 0.416 e. The van der Waals surface area contributed by atoms with Crippen LogP contribution in [0.1, 0.15) is 35.6 Å². The number of rotatable bonds is 2. The molecule has 2 aromatic rings. The summed E-state index contributed by atoms with van der Waals surface area (Å²) < 4.78 is 38.0. The number of halogens is 3. The molecule has 2 heterocycles. The Kier molecular flexibility index (Phi) is 3.59. The van der Waals surface area contributed by atoms with E-state index in [-0.39, 0.29) is 11.7 Å². The lowest BCUT2D eigenvalue weighted by atomic mass is 9.86. The minimum absolute atomic E-state index is 0.101. The number of alkyl halides is 3. The number of aryl methyl sites for hydroxylation is 1. The van der Waals surface area contributed by atoms with E-state index in [9.17, 15) is 18.0 Å². The van der Waals surface area contributed by atoms with Gasteiger partial charge in [-0.3, -0.25) is 9.89 Å². The van der Waals surface area contributed by atoms with E-state index in [2.05, 4.69) is 20.5 Å². The smallest absolute Gasteiger partial charge is 0.310 e. The van der Waals surface area contributed by atoms with Crippen LogP contribution >= 0.6 is 0 Å². The predicted molar refractivity (Wildman–Crippen MR) is 72.1 cm³/mol. The second kappa shape index (κ2) is 5.43. The van der Waals surface area contributed by atoms with Crippen molar-refractivity contribution in [3.05, 3.63) is 41.3 Å². The highest BCUT2D eigenvalue weighted by atomic mass is 19.4. The predicted octanol–water partition coefficient (Wildman–Crippen LogP) is 2.88. The third-order valence-corrected chi connectivity index (χ3v) is 3.70. The summed E-state index contributed by atoms with van der Waals surface area (Å²) in [5.41, 5.74) is 0.865. The molecule has 22 heavy (non-hydrogen) atoms. The number of carbonyl (C=O) groups is 1. The highest BCUT2D eigenvalue weighted by molar-refractivity contribution is 5.95. The molecule has 1 atom stereocenters. The molecule has 116 valence electrons. The molecule has 0 aliphatic heterocycles. The molecule has 0 saturated carbocycles. The van der Waals surface area contributed by atoms with Gasteiger partial charge in [0.25, 0.3) is 0 Å². The van der Waals surface area contributed by atoms with Gasteiger partial charge in [-0.25, -0.2) is 4.98 Å². The largest absolute Gasteiger partial charge is 0.416 e. The molecule has 8 heteroatoms. The Morgan fingerprint density at radius 1 is 1.41 bits per heavy atom. The summed E-state index contributed by atoms with van der Waals surface area (Å²) in [5.74, 6) is -0.886. The molecule has 2 aromatic heterocycles. The monoisotopic (exact) mass is 310 g/mol. The maximum absolute atomic E-state index is 12.7. The third-order valence-electron chi connectivity index (χ3n) is 3.70. The summed E-state index contributed by atoms with van der Waals surface area (Å²) in [6, 6.07) is 1.70. The van der Waals surface area contributed by atoms with Gasteiger partial charge in [-0.1, -0.05) is 0 Å². The minimum atomic E-state index is -4.47. The topological polar surface area (TPSA) is 70.7 Å². The van der Waals surface area contributed by atoms with Crippen molar-refractivity contribution in [2.75, 3.05) is 5.32 Å². The standard InChI is InChI=1S/C14H13F3N4O/c15-14(16,17)8-4-5-18-12(6-8)20-13(22)9-2-1-3-11-10(9)7-19-21-11/h4-7,9H,1-3H2,(H,19,21)(H,18,20,22)/t9-/m0/s1. The molecule has 0 radical (unpaired) electrons. The normalized spacial score (nSPS) is 17.9. The highest BCUT2D eigenvalue weighted by Gasteiger charge is 2.32. The first-order valence-electron chi connectivity index (χ1n) is 6.81. The van der Waals surface area contributed by atoms with E-state index < -0.39 is 17.7 Å². The van der Waals surface area contributed by atoms with Gasteiger partial charge in [0.15, 0.2) is 0 Å². The van der Waals surface area contributed by atoms with Crippen molar-refractivity contribution in [1.82, 2.24) is 15.2 Å². The molecule has 0 unspecified atom stereocenters. The molecule has 5 nitrogen and oxygen atoms in total. The Labute approximate surface area is 123 Å². The molecule has 2 N–H and O–H groups in total. The van der Waals surface area contributed by atoms with Crippen molar-refractivity contribution in [3.63, 3.8) is 0 Å². The minimum Gasteiger partial charge on any atom is -0.310 e. The van der Waals surface area contributed by atoms with E-state index in [0.29, 0.717) is 6.42 Å². The average Bonchev–Trinajstić information content (AvgIpc) is 2.94. The quantitative estimate of drug-likeness (QED) is 0.896. The van der Waals surface area contributed by atoms with Crippen LogP contribution in [0.2, 0.25) is 0 Å². The van der Waals surface area contributed by atoms with Crippen LogP contribution < -0.4 is 5.32 Å². The Balaban J connectivity index is 1.79. The van der Waals surface area contributed by atoms with Gasteiger partial charge in [0.1, 0.15) is 5.82 Å². The number of pyridine rings is 1. The van der Waals surface area contributed by atoms with Gasteiger partial charge in [0.05, 0.1) is 17.7 Å². The van der Waals surface area contributed by atoms with Gasteiger partial charge >= 0.3 is 6.18 Å². The Morgan fingerprint density at radius 3 is 3.00 bits per heavy atom. The lowest BCUT2D eigenvalue weighted by Crippen LogP contribution is -2.24. The third kappa shape index (κ3) is 2.81. The average molecular weight is 310 g/mol. The zero-order valence-electron chi connectivity index (χ0n) is 11.4.